The van der Waals surface area contributed by atoms with Gasteiger partial charge in [0, 0.05) is 15.9 Å². The largest absolute Gasteiger partial charge is 0.351 e. The highest BCUT2D eigenvalue weighted by atomic mass is 79.9. The van der Waals surface area contributed by atoms with E-state index in [-0.39, 0.29) is 11.3 Å². The standard InChI is InChI=1S/C13H19BrN2OS/c1-2-4-13(5-6-15-9-13)12(17)16-8-11-10(14)3-7-18-11/h3,7,15H,2,4-6,8-9H2,1H3,(H,16,17). The normalized spacial score (nSPS) is 23.2. The molecule has 1 aliphatic heterocycles. The third-order valence-electron chi connectivity index (χ3n) is 3.55. The third-order valence-corrected chi connectivity index (χ3v) is 5.48. The van der Waals surface area contributed by atoms with Gasteiger partial charge in [-0.25, -0.2) is 0 Å². The van der Waals surface area contributed by atoms with Gasteiger partial charge in [0.15, 0.2) is 0 Å². The Bertz CT molecular complexity index is 413. The van der Waals surface area contributed by atoms with E-state index in [1.807, 2.05) is 11.4 Å². The first kappa shape index (κ1) is 14.0. The van der Waals surface area contributed by atoms with E-state index in [1.54, 1.807) is 11.3 Å². The molecule has 1 aliphatic rings. The molecule has 1 aromatic rings. The number of hydrogen-bond acceptors (Lipinski definition) is 3. The molecule has 18 heavy (non-hydrogen) atoms. The van der Waals surface area contributed by atoms with Crippen LogP contribution in [0.5, 0.6) is 0 Å². The zero-order chi connectivity index (χ0) is 13.0. The molecule has 0 radical (unpaired) electrons. The van der Waals surface area contributed by atoms with Crippen LogP contribution in [0.3, 0.4) is 0 Å². The van der Waals surface area contributed by atoms with Gasteiger partial charge < -0.3 is 10.6 Å². The van der Waals surface area contributed by atoms with Crippen molar-refractivity contribution >= 4 is 33.2 Å². The average Bonchev–Trinajstić information content (AvgIpc) is 2.97. The minimum Gasteiger partial charge on any atom is -0.351 e. The molecule has 3 nitrogen and oxygen atoms in total. The lowest BCUT2D eigenvalue weighted by atomic mass is 9.81. The summed E-state index contributed by atoms with van der Waals surface area (Å²) in [6.45, 7) is 4.54. The Morgan fingerprint density at radius 3 is 3.06 bits per heavy atom. The van der Waals surface area contributed by atoms with E-state index >= 15 is 0 Å². The number of nitrogens with one attached hydrogen (secondary N) is 2. The number of rotatable bonds is 5. The molecule has 1 aromatic heterocycles. The van der Waals surface area contributed by atoms with Gasteiger partial charge in [-0.15, -0.1) is 11.3 Å². The monoisotopic (exact) mass is 330 g/mol. The molecule has 1 atom stereocenters. The second kappa shape index (κ2) is 6.17. The predicted octanol–water partition coefficient (Wildman–Crippen LogP) is 2.91. The van der Waals surface area contributed by atoms with Crippen molar-refractivity contribution in [3.63, 3.8) is 0 Å². The molecule has 2 N–H and O–H groups in total. The lowest BCUT2D eigenvalue weighted by molar-refractivity contribution is -0.130. The van der Waals surface area contributed by atoms with Crippen molar-refractivity contribution in [2.75, 3.05) is 13.1 Å². The molecular weight excluding hydrogens is 312 g/mol. The maximum absolute atomic E-state index is 12.4. The fourth-order valence-electron chi connectivity index (χ4n) is 2.54. The highest BCUT2D eigenvalue weighted by Crippen LogP contribution is 2.31. The SMILES string of the molecule is CCCC1(C(=O)NCc2sccc2Br)CCNC1. The van der Waals surface area contributed by atoms with Crippen molar-refractivity contribution < 1.29 is 4.79 Å². The molecule has 0 aliphatic carbocycles. The quantitative estimate of drug-likeness (QED) is 0.871. The van der Waals surface area contributed by atoms with Crippen LogP contribution in [0, 0.1) is 5.41 Å². The summed E-state index contributed by atoms with van der Waals surface area (Å²) in [6, 6.07) is 2.02. The van der Waals surface area contributed by atoms with Crippen LogP contribution in [0.2, 0.25) is 0 Å². The third kappa shape index (κ3) is 2.95. The van der Waals surface area contributed by atoms with Crippen LogP contribution in [0.15, 0.2) is 15.9 Å². The highest BCUT2D eigenvalue weighted by molar-refractivity contribution is 9.10. The lowest BCUT2D eigenvalue weighted by Gasteiger charge is -2.26. The summed E-state index contributed by atoms with van der Waals surface area (Å²) < 4.78 is 1.09. The summed E-state index contributed by atoms with van der Waals surface area (Å²) in [5.41, 5.74) is -0.182. The molecule has 1 fully saturated rings. The number of halogens is 1. The van der Waals surface area contributed by atoms with Gasteiger partial charge in [-0.05, 0) is 46.8 Å². The van der Waals surface area contributed by atoms with Crippen molar-refractivity contribution in [1.82, 2.24) is 10.6 Å². The molecule has 0 aromatic carbocycles. The van der Waals surface area contributed by atoms with Gasteiger partial charge in [-0.2, -0.15) is 0 Å². The first-order valence-corrected chi connectivity index (χ1v) is 8.06. The van der Waals surface area contributed by atoms with Gasteiger partial charge in [-0.3, -0.25) is 4.79 Å². The van der Waals surface area contributed by atoms with Crippen LogP contribution >= 0.6 is 27.3 Å². The number of carbonyl (C=O) groups is 1. The number of amides is 1. The van der Waals surface area contributed by atoms with Gasteiger partial charge in [0.1, 0.15) is 0 Å². The second-order valence-corrected chi connectivity index (χ2v) is 6.69. The Kier molecular flexibility index (Phi) is 4.81. The van der Waals surface area contributed by atoms with Crippen molar-refractivity contribution in [1.29, 1.82) is 0 Å². The van der Waals surface area contributed by atoms with Gasteiger partial charge in [0.25, 0.3) is 0 Å². The van der Waals surface area contributed by atoms with Gasteiger partial charge in [-0.1, -0.05) is 13.3 Å². The van der Waals surface area contributed by atoms with Crippen LogP contribution in [0.25, 0.3) is 0 Å². The van der Waals surface area contributed by atoms with Crippen LogP contribution in [-0.4, -0.2) is 19.0 Å². The molecule has 1 amide bonds. The van der Waals surface area contributed by atoms with Crippen LogP contribution < -0.4 is 10.6 Å². The van der Waals surface area contributed by atoms with E-state index in [9.17, 15) is 4.79 Å². The first-order valence-electron chi connectivity index (χ1n) is 6.39. The van der Waals surface area contributed by atoms with Crippen molar-refractivity contribution in [2.24, 2.45) is 5.41 Å². The Labute approximate surface area is 120 Å². The lowest BCUT2D eigenvalue weighted by Crippen LogP contribution is -2.42. The maximum atomic E-state index is 12.4. The number of thiophene rings is 1. The molecule has 0 saturated carbocycles. The fraction of sp³-hybridized carbons (Fsp3) is 0.615. The summed E-state index contributed by atoms with van der Waals surface area (Å²) in [5, 5.41) is 8.44. The highest BCUT2D eigenvalue weighted by Gasteiger charge is 2.39. The van der Waals surface area contributed by atoms with Crippen molar-refractivity contribution in [3.8, 4) is 0 Å². The van der Waals surface area contributed by atoms with Gasteiger partial charge in [0.05, 0.1) is 12.0 Å². The second-order valence-electron chi connectivity index (χ2n) is 4.83. The van der Waals surface area contributed by atoms with E-state index in [2.05, 4.69) is 33.5 Å². The van der Waals surface area contributed by atoms with Crippen LogP contribution in [0.4, 0.5) is 0 Å². The molecule has 2 rings (SSSR count). The zero-order valence-electron chi connectivity index (χ0n) is 10.6. The summed E-state index contributed by atoms with van der Waals surface area (Å²) in [6.07, 6.45) is 2.98. The smallest absolute Gasteiger partial charge is 0.227 e. The Morgan fingerprint density at radius 2 is 2.50 bits per heavy atom. The Balaban J connectivity index is 1.96. The molecule has 2 heterocycles. The Morgan fingerprint density at radius 1 is 1.67 bits per heavy atom. The topological polar surface area (TPSA) is 41.1 Å². The fourth-order valence-corrected chi connectivity index (χ4v) is 3.97. The van der Waals surface area contributed by atoms with E-state index < -0.39 is 0 Å². The van der Waals surface area contributed by atoms with Crippen LogP contribution in [-0.2, 0) is 11.3 Å². The van der Waals surface area contributed by atoms with Gasteiger partial charge >= 0.3 is 0 Å². The minimum absolute atomic E-state index is 0.182. The summed E-state index contributed by atoms with van der Waals surface area (Å²) in [4.78, 5) is 13.6. The van der Waals surface area contributed by atoms with E-state index in [0.29, 0.717) is 6.54 Å². The molecule has 0 spiro atoms. The van der Waals surface area contributed by atoms with E-state index in [1.165, 1.54) is 4.88 Å². The molecule has 100 valence electrons. The first-order chi connectivity index (χ1) is 8.68. The maximum Gasteiger partial charge on any atom is 0.227 e. The Hall–Kier alpha value is -0.390. The summed E-state index contributed by atoms with van der Waals surface area (Å²) in [5.74, 6) is 0.203. The zero-order valence-corrected chi connectivity index (χ0v) is 13.0. The number of hydrogen-bond donors (Lipinski definition) is 2. The summed E-state index contributed by atoms with van der Waals surface area (Å²) >= 11 is 5.16. The van der Waals surface area contributed by atoms with Gasteiger partial charge in [0.2, 0.25) is 5.91 Å². The van der Waals surface area contributed by atoms with E-state index in [0.717, 1.165) is 36.8 Å². The minimum atomic E-state index is -0.182. The van der Waals surface area contributed by atoms with Crippen LogP contribution in [0.1, 0.15) is 31.1 Å². The summed E-state index contributed by atoms with van der Waals surface area (Å²) in [7, 11) is 0. The number of carbonyl (C=O) groups excluding carboxylic acids is 1. The van der Waals surface area contributed by atoms with E-state index in [4.69, 9.17) is 0 Å². The van der Waals surface area contributed by atoms with Crippen molar-refractivity contribution in [3.05, 3.63) is 20.8 Å². The molecule has 1 saturated heterocycles. The predicted molar refractivity (Wildman–Crippen MR) is 78.7 cm³/mol. The molecule has 1 unspecified atom stereocenters. The molecular formula is C13H19BrN2OS. The van der Waals surface area contributed by atoms with Crippen molar-refractivity contribution in [2.45, 2.75) is 32.7 Å². The molecule has 5 heteroatoms. The molecule has 0 bridgehead atoms. The average molecular weight is 331 g/mol.